The monoisotopic (exact) mass is 597 g/mol. The summed E-state index contributed by atoms with van der Waals surface area (Å²) in [6.45, 7) is 8.49. The number of carbonyl (C=O) groups is 4. The molecule has 12 nitrogen and oxygen atoms in total. The lowest BCUT2D eigenvalue weighted by Gasteiger charge is -2.32. The second-order valence-corrected chi connectivity index (χ2v) is 11.6. The van der Waals surface area contributed by atoms with Crippen molar-refractivity contribution in [2.75, 3.05) is 19.6 Å². The van der Waals surface area contributed by atoms with Crippen molar-refractivity contribution < 1.29 is 33.8 Å². The Morgan fingerprint density at radius 2 is 1.67 bits per heavy atom. The van der Waals surface area contributed by atoms with Crippen LogP contribution in [0, 0.1) is 11.8 Å². The molecule has 0 saturated carbocycles. The van der Waals surface area contributed by atoms with Crippen LogP contribution in [0.1, 0.15) is 51.7 Å². The van der Waals surface area contributed by atoms with Crippen LogP contribution in [0.2, 0.25) is 0 Å². The highest BCUT2D eigenvalue weighted by Gasteiger charge is 2.39. The van der Waals surface area contributed by atoms with Gasteiger partial charge in [0.25, 0.3) is 0 Å². The number of hydrogen-bond donors (Lipinski definition) is 3. The number of ether oxygens (including phenoxy) is 2. The maximum Gasteiger partial charge on any atom is 0.425 e. The van der Waals surface area contributed by atoms with Gasteiger partial charge in [-0.2, -0.15) is 0 Å². The summed E-state index contributed by atoms with van der Waals surface area (Å²) in [5.41, 5.74) is 4.38. The summed E-state index contributed by atoms with van der Waals surface area (Å²) in [6.07, 6.45) is 2.50. The van der Waals surface area contributed by atoms with Gasteiger partial charge in [0, 0.05) is 37.1 Å². The minimum atomic E-state index is -1.25. The molecule has 1 fully saturated rings. The van der Waals surface area contributed by atoms with E-state index in [1.54, 1.807) is 24.5 Å². The number of hydrogen-bond acceptors (Lipinski definition) is 9. The Labute approximate surface area is 252 Å². The van der Waals surface area contributed by atoms with E-state index in [-0.39, 0.29) is 56.4 Å². The number of Topliss-reactive ketones (excluding diaryl/α,β-unsaturated/α-hetero) is 1. The van der Waals surface area contributed by atoms with Crippen molar-refractivity contribution >= 4 is 23.9 Å². The third kappa shape index (κ3) is 11.3. The van der Waals surface area contributed by atoms with Crippen molar-refractivity contribution in [2.24, 2.45) is 11.8 Å². The molecule has 1 aromatic carbocycles. The van der Waals surface area contributed by atoms with Crippen molar-refractivity contribution in [3.63, 3.8) is 0 Å². The van der Waals surface area contributed by atoms with Crippen molar-refractivity contribution in [3.05, 3.63) is 66.0 Å². The number of likely N-dealkylation sites (tertiary alicyclic amines) is 1. The number of carboxylic acids is 1. The Bertz CT molecular complexity index is 1200. The van der Waals surface area contributed by atoms with Crippen molar-refractivity contribution in [1.82, 2.24) is 25.6 Å². The molecule has 3 atom stereocenters. The molecule has 3 rings (SSSR count). The molecule has 1 aliphatic heterocycles. The molecule has 3 N–H and O–H groups in total. The minimum absolute atomic E-state index is 0.0446. The summed E-state index contributed by atoms with van der Waals surface area (Å²) in [5, 5.41) is 13.8. The molecule has 234 valence electrons. The predicted molar refractivity (Wildman–Crippen MR) is 159 cm³/mol. The van der Waals surface area contributed by atoms with Crippen molar-refractivity contribution in [3.8, 4) is 0 Å². The molecule has 1 unspecified atom stereocenters. The lowest BCUT2D eigenvalue weighted by Crippen LogP contribution is -2.58. The molecule has 0 aliphatic carbocycles. The number of carbonyl (C=O) groups excluding carboxylic acids is 3. The van der Waals surface area contributed by atoms with Crippen LogP contribution >= 0.6 is 0 Å². The number of aliphatic carboxylic acids is 1. The number of ketones is 1. The standard InChI is InChI=1S/C31H43N5O7/c1-21(2)13-25(33-30(40)42-19-23-9-6-5-7-10-23)16-35-17-26(28(37)18-35)34-36(27(29(38)39)14-22(3)4)31(41)43-20-24-11-8-12-32-15-24/h5-12,15,21-22,25-27,34H,13-14,16-20H2,1-4H3,(H,33,40)(H,38,39)/t25-,26?,27-/m0/s1. The van der Waals surface area contributed by atoms with E-state index in [0.717, 1.165) is 10.6 Å². The van der Waals surface area contributed by atoms with Crippen molar-refractivity contribution in [1.29, 1.82) is 0 Å². The van der Waals surface area contributed by atoms with Gasteiger partial charge < -0.3 is 19.9 Å². The Kier molecular flexibility index (Phi) is 12.9. The quantitative estimate of drug-likeness (QED) is 0.260. The van der Waals surface area contributed by atoms with Crippen LogP contribution in [0.25, 0.3) is 0 Å². The zero-order valence-corrected chi connectivity index (χ0v) is 25.3. The zero-order valence-electron chi connectivity index (χ0n) is 25.3. The number of nitrogens with one attached hydrogen (secondary N) is 2. The van der Waals surface area contributed by atoms with Crippen molar-refractivity contribution in [2.45, 2.75) is 71.9 Å². The summed E-state index contributed by atoms with van der Waals surface area (Å²) in [4.78, 5) is 56.9. The normalized spacial score (nSPS) is 16.6. The topological polar surface area (TPSA) is 150 Å². The number of benzene rings is 1. The number of rotatable bonds is 15. The first-order valence-corrected chi connectivity index (χ1v) is 14.6. The molecule has 1 aliphatic rings. The Morgan fingerprint density at radius 1 is 1.00 bits per heavy atom. The number of alkyl carbamates (subject to hydrolysis) is 1. The number of aromatic nitrogens is 1. The molecular formula is C31H43N5O7. The molecule has 2 heterocycles. The van der Waals surface area contributed by atoms with Crippen LogP contribution in [0.4, 0.5) is 9.59 Å². The smallest absolute Gasteiger partial charge is 0.425 e. The van der Waals surface area contributed by atoms with E-state index in [9.17, 15) is 24.3 Å². The first-order valence-electron chi connectivity index (χ1n) is 14.6. The van der Waals surface area contributed by atoms with E-state index in [1.807, 2.05) is 62.9 Å². The van der Waals surface area contributed by atoms with Gasteiger partial charge in [-0.25, -0.2) is 24.8 Å². The van der Waals surface area contributed by atoms with E-state index in [0.29, 0.717) is 18.5 Å². The molecule has 12 heteroatoms. The highest BCUT2D eigenvalue weighted by atomic mass is 16.6. The van der Waals surface area contributed by atoms with Gasteiger partial charge in [0.05, 0.1) is 12.6 Å². The average Bonchev–Trinajstić information content (AvgIpc) is 3.30. The Morgan fingerprint density at radius 3 is 2.30 bits per heavy atom. The van der Waals surface area contributed by atoms with Crippen LogP contribution in [0.15, 0.2) is 54.9 Å². The number of nitrogens with zero attached hydrogens (tertiary/aromatic N) is 3. The number of amides is 2. The van der Waals surface area contributed by atoms with E-state index >= 15 is 0 Å². The molecule has 2 aromatic rings. The molecule has 0 radical (unpaired) electrons. The van der Waals surface area contributed by atoms with Crippen LogP contribution < -0.4 is 10.7 Å². The first kappa shape index (κ1) is 33.5. The maximum atomic E-state index is 13.2. The number of pyridine rings is 1. The molecule has 0 spiro atoms. The van der Waals surface area contributed by atoms with E-state index < -0.39 is 30.2 Å². The molecule has 43 heavy (non-hydrogen) atoms. The van der Waals surface area contributed by atoms with Gasteiger partial charge in [-0.15, -0.1) is 0 Å². The van der Waals surface area contributed by atoms with E-state index in [4.69, 9.17) is 9.47 Å². The van der Waals surface area contributed by atoms with Crippen LogP contribution in [-0.2, 0) is 32.3 Å². The van der Waals surface area contributed by atoms with Gasteiger partial charge in [-0.3, -0.25) is 14.7 Å². The van der Waals surface area contributed by atoms with E-state index in [2.05, 4.69) is 15.7 Å². The SMILES string of the molecule is CC(C)C[C@@H](CN1CC(=O)C(NN(C(=O)OCc2cccnc2)[C@@H](CC(C)C)C(=O)O)C1)NC(=O)OCc1ccccc1. The highest BCUT2D eigenvalue weighted by molar-refractivity contribution is 5.89. The Balaban J connectivity index is 1.65. The van der Waals surface area contributed by atoms with Crippen LogP contribution in [0.5, 0.6) is 0 Å². The van der Waals surface area contributed by atoms with Crippen LogP contribution in [0.3, 0.4) is 0 Å². The molecular weight excluding hydrogens is 554 g/mol. The molecule has 1 saturated heterocycles. The Hall–Kier alpha value is -4.03. The first-order chi connectivity index (χ1) is 20.5. The summed E-state index contributed by atoms with van der Waals surface area (Å²) in [5.74, 6) is -1.19. The molecule has 0 bridgehead atoms. The summed E-state index contributed by atoms with van der Waals surface area (Å²) >= 11 is 0. The third-order valence-electron chi connectivity index (χ3n) is 6.85. The fourth-order valence-corrected chi connectivity index (χ4v) is 4.90. The second-order valence-electron chi connectivity index (χ2n) is 11.6. The zero-order chi connectivity index (χ0) is 31.4. The van der Waals surface area contributed by atoms with Gasteiger partial charge in [0.2, 0.25) is 0 Å². The van der Waals surface area contributed by atoms with Gasteiger partial charge in [-0.1, -0.05) is 64.1 Å². The predicted octanol–water partition coefficient (Wildman–Crippen LogP) is 3.62. The second kappa shape index (κ2) is 16.6. The van der Waals surface area contributed by atoms with E-state index in [1.165, 1.54) is 0 Å². The largest absolute Gasteiger partial charge is 0.480 e. The maximum absolute atomic E-state index is 13.2. The number of hydrazine groups is 1. The molecule has 2 amide bonds. The highest BCUT2D eigenvalue weighted by Crippen LogP contribution is 2.17. The van der Waals surface area contributed by atoms with Crippen LogP contribution in [-0.4, -0.2) is 81.7 Å². The van der Waals surface area contributed by atoms with Gasteiger partial charge in [-0.05, 0) is 36.3 Å². The third-order valence-corrected chi connectivity index (χ3v) is 6.85. The fourth-order valence-electron chi connectivity index (χ4n) is 4.90. The molecule has 1 aromatic heterocycles. The fraction of sp³-hybridized carbons (Fsp3) is 0.516. The summed E-state index contributed by atoms with van der Waals surface area (Å²) < 4.78 is 10.8. The average molecular weight is 598 g/mol. The summed E-state index contributed by atoms with van der Waals surface area (Å²) in [6, 6.07) is 10.4. The van der Waals surface area contributed by atoms with Gasteiger partial charge >= 0.3 is 18.2 Å². The van der Waals surface area contributed by atoms with Gasteiger partial charge in [0.1, 0.15) is 19.3 Å². The summed E-state index contributed by atoms with van der Waals surface area (Å²) in [7, 11) is 0. The lowest BCUT2D eigenvalue weighted by molar-refractivity contribution is -0.145. The minimum Gasteiger partial charge on any atom is -0.480 e. The number of carboxylic acid groups (broad SMARTS) is 1. The van der Waals surface area contributed by atoms with Gasteiger partial charge in [0.15, 0.2) is 5.78 Å². The lowest BCUT2D eigenvalue weighted by atomic mass is 10.0.